The van der Waals surface area contributed by atoms with Crippen molar-refractivity contribution < 1.29 is 19.1 Å². The summed E-state index contributed by atoms with van der Waals surface area (Å²) < 4.78 is 5.79. The number of furan rings is 1. The summed E-state index contributed by atoms with van der Waals surface area (Å²) in [7, 11) is 0. The SMILES string of the molecule is Cc1ccc(N=C2NC(=O)/C(=C/c3ccc(-c4ccc(Cl)c(C(=O)O)c4)o3)S2)c(C)c1. The van der Waals surface area contributed by atoms with Gasteiger partial charge in [0, 0.05) is 11.6 Å². The monoisotopic (exact) mass is 452 g/mol. The molecular formula is C23H17ClN2O4S. The summed E-state index contributed by atoms with van der Waals surface area (Å²) in [6.07, 6.45) is 1.63. The second-order valence-electron chi connectivity index (χ2n) is 6.97. The van der Waals surface area contributed by atoms with E-state index in [-0.39, 0.29) is 16.5 Å². The Labute approximate surface area is 187 Å². The first-order valence-corrected chi connectivity index (χ1v) is 10.5. The van der Waals surface area contributed by atoms with E-state index in [4.69, 9.17) is 16.0 Å². The van der Waals surface area contributed by atoms with Crippen molar-refractivity contribution >= 4 is 52.2 Å². The molecule has 6 nitrogen and oxygen atoms in total. The largest absolute Gasteiger partial charge is 0.478 e. The van der Waals surface area contributed by atoms with Crippen molar-refractivity contribution in [3.63, 3.8) is 0 Å². The number of benzene rings is 2. The van der Waals surface area contributed by atoms with Crippen LogP contribution in [0.3, 0.4) is 0 Å². The maximum absolute atomic E-state index is 12.3. The first-order valence-electron chi connectivity index (χ1n) is 9.30. The summed E-state index contributed by atoms with van der Waals surface area (Å²) in [5.74, 6) is -0.438. The second kappa shape index (κ2) is 8.45. The lowest BCUT2D eigenvalue weighted by atomic mass is 10.1. The van der Waals surface area contributed by atoms with Gasteiger partial charge in [0.2, 0.25) is 0 Å². The van der Waals surface area contributed by atoms with Gasteiger partial charge in [-0.05, 0) is 67.6 Å². The fraction of sp³-hybridized carbons (Fsp3) is 0.0870. The molecule has 1 aromatic heterocycles. The highest BCUT2D eigenvalue weighted by molar-refractivity contribution is 8.18. The van der Waals surface area contributed by atoms with Crippen molar-refractivity contribution in [1.29, 1.82) is 0 Å². The first kappa shape index (κ1) is 21.0. The number of hydrogen-bond acceptors (Lipinski definition) is 5. The fourth-order valence-corrected chi connectivity index (χ4v) is 4.09. The maximum atomic E-state index is 12.3. The first-order chi connectivity index (χ1) is 14.8. The van der Waals surface area contributed by atoms with Crippen molar-refractivity contribution in [2.75, 3.05) is 0 Å². The smallest absolute Gasteiger partial charge is 0.337 e. The number of nitrogens with zero attached hydrogens (tertiary/aromatic N) is 1. The van der Waals surface area contributed by atoms with Crippen LogP contribution in [0.25, 0.3) is 17.4 Å². The average Bonchev–Trinajstić information content (AvgIpc) is 3.31. The zero-order valence-corrected chi connectivity index (χ0v) is 18.2. The topological polar surface area (TPSA) is 91.9 Å². The molecule has 1 aliphatic heterocycles. The molecule has 1 aliphatic rings. The third-order valence-corrected chi connectivity index (χ3v) is 5.85. The Balaban J connectivity index is 1.57. The molecule has 4 rings (SSSR count). The van der Waals surface area contributed by atoms with Crippen molar-refractivity contribution in [3.8, 4) is 11.3 Å². The van der Waals surface area contributed by atoms with E-state index < -0.39 is 5.97 Å². The number of carbonyl (C=O) groups is 2. The molecule has 2 heterocycles. The van der Waals surface area contributed by atoms with Gasteiger partial charge in [-0.15, -0.1) is 0 Å². The number of halogens is 1. The number of amidine groups is 1. The molecule has 1 saturated heterocycles. The number of nitrogens with one attached hydrogen (secondary N) is 1. The van der Waals surface area contributed by atoms with Crippen LogP contribution in [0.2, 0.25) is 5.02 Å². The molecule has 0 bridgehead atoms. The van der Waals surface area contributed by atoms with E-state index in [1.54, 1.807) is 24.3 Å². The summed E-state index contributed by atoms with van der Waals surface area (Å²) in [6.45, 7) is 3.99. The van der Waals surface area contributed by atoms with Crippen LogP contribution in [-0.4, -0.2) is 22.2 Å². The van der Waals surface area contributed by atoms with Gasteiger partial charge in [0.05, 0.1) is 21.2 Å². The second-order valence-corrected chi connectivity index (χ2v) is 8.41. The standard InChI is InChI=1S/C23H17ClN2O4S/c1-12-3-7-18(13(2)9-12)25-23-26-21(27)20(31-23)11-15-5-8-19(30-15)14-4-6-17(24)16(10-14)22(28)29/h3-11H,1-2H3,(H,28,29)(H,25,26,27)/b20-11-. The number of rotatable bonds is 4. The van der Waals surface area contributed by atoms with Crippen molar-refractivity contribution in [1.82, 2.24) is 5.32 Å². The summed E-state index contributed by atoms with van der Waals surface area (Å²) in [6, 6.07) is 14.0. The number of thioether (sulfide) groups is 1. The number of hydrogen-bond donors (Lipinski definition) is 2. The summed E-state index contributed by atoms with van der Waals surface area (Å²) in [4.78, 5) is 28.6. The van der Waals surface area contributed by atoms with E-state index in [2.05, 4.69) is 10.3 Å². The van der Waals surface area contributed by atoms with E-state index in [9.17, 15) is 14.7 Å². The highest BCUT2D eigenvalue weighted by Gasteiger charge is 2.24. The number of carbonyl (C=O) groups excluding carboxylic acids is 1. The third kappa shape index (κ3) is 4.57. The van der Waals surface area contributed by atoms with E-state index >= 15 is 0 Å². The molecule has 156 valence electrons. The van der Waals surface area contributed by atoms with Crippen LogP contribution in [0.4, 0.5) is 5.69 Å². The molecule has 3 aromatic rings. The van der Waals surface area contributed by atoms with Crippen LogP contribution in [0.1, 0.15) is 27.2 Å². The molecule has 0 radical (unpaired) electrons. The van der Waals surface area contributed by atoms with Gasteiger partial charge in [0.15, 0.2) is 5.17 Å². The van der Waals surface area contributed by atoms with Gasteiger partial charge in [-0.3, -0.25) is 4.79 Å². The van der Waals surface area contributed by atoms with E-state index in [1.165, 1.54) is 23.9 Å². The Morgan fingerprint density at radius 2 is 1.97 bits per heavy atom. The lowest BCUT2D eigenvalue weighted by Crippen LogP contribution is -2.19. The zero-order valence-electron chi connectivity index (χ0n) is 16.6. The van der Waals surface area contributed by atoms with Gasteiger partial charge in [-0.25, -0.2) is 9.79 Å². The third-order valence-electron chi connectivity index (χ3n) is 4.61. The van der Waals surface area contributed by atoms with E-state index in [0.29, 0.717) is 27.2 Å². The Kier molecular flexibility index (Phi) is 5.71. The molecule has 31 heavy (non-hydrogen) atoms. The minimum atomic E-state index is -1.12. The average molecular weight is 453 g/mol. The lowest BCUT2D eigenvalue weighted by molar-refractivity contribution is -0.115. The van der Waals surface area contributed by atoms with Gasteiger partial charge >= 0.3 is 5.97 Å². The summed E-state index contributed by atoms with van der Waals surface area (Å²) >= 11 is 7.15. The quantitative estimate of drug-likeness (QED) is 0.487. The Bertz CT molecular complexity index is 1280. The highest BCUT2D eigenvalue weighted by Crippen LogP contribution is 2.32. The van der Waals surface area contributed by atoms with Crippen LogP contribution < -0.4 is 5.32 Å². The summed E-state index contributed by atoms with van der Waals surface area (Å²) in [5, 5.41) is 12.7. The van der Waals surface area contributed by atoms with Crippen LogP contribution in [0, 0.1) is 13.8 Å². The Morgan fingerprint density at radius 1 is 1.16 bits per heavy atom. The molecule has 2 N–H and O–H groups in total. The van der Waals surface area contributed by atoms with Gasteiger partial charge < -0.3 is 14.8 Å². The maximum Gasteiger partial charge on any atom is 0.337 e. The van der Waals surface area contributed by atoms with E-state index in [0.717, 1.165) is 16.8 Å². The van der Waals surface area contributed by atoms with Crippen LogP contribution in [0.15, 0.2) is 62.8 Å². The van der Waals surface area contributed by atoms with Gasteiger partial charge in [-0.2, -0.15) is 0 Å². The number of aryl methyl sites for hydroxylation is 2. The van der Waals surface area contributed by atoms with Crippen LogP contribution in [-0.2, 0) is 4.79 Å². The Morgan fingerprint density at radius 3 is 2.71 bits per heavy atom. The predicted molar refractivity (Wildman–Crippen MR) is 123 cm³/mol. The molecule has 1 amide bonds. The molecular weight excluding hydrogens is 436 g/mol. The molecule has 0 spiro atoms. The van der Waals surface area contributed by atoms with Gasteiger partial charge in [-0.1, -0.05) is 29.3 Å². The molecule has 1 fully saturated rings. The lowest BCUT2D eigenvalue weighted by Gasteiger charge is -2.02. The molecule has 2 aromatic carbocycles. The van der Waals surface area contributed by atoms with Crippen molar-refractivity contribution in [3.05, 3.63) is 80.9 Å². The van der Waals surface area contributed by atoms with E-state index in [1.807, 2.05) is 32.0 Å². The minimum Gasteiger partial charge on any atom is -0.478 e. The van der Waals surface area contributed by atoms with Crippen LogP contribution in [0.5, 0.6) is 0 Å². The van der Waals surface area contributed by atoms with Crippen molar-refractivity contribution in [2.45, 2.75) is 13.8 Å². The number of aliphatic imine (C=N–C) groups is 1. The number of aromatic carboxylic acids is 1. The molecule has 8 heteroatoms. The van der Waals surface area contributed by atoms with Gasteiger partial charge in [0.25, 0.3) is 5.91 Å². The number of amides is 1. The molecule has 0 saturated carbocycles. The number of carboxylic acids is 1. The predicted octanol–water partition coefficient (Wildman–Crippen LogP) is 5.81. The minimum absolute atomic E-state index is 0.00606. The van der Waals surface area contributed by atoms with Crippen LogP contribution >= 0.6 is 23.4 Å². The van der Waals surface area contributed by atoms with Gasteiger partial charge in [0.1, 0.15) is 11.5 Å². The van der Waals surface area contributed by atoms with Crippen molar-refractivity contribution in [2.24, 2.45) is 4.99 Å². The normalized spacial score (nSPS) is 16.2. The Hall–Kier alpha value is -3.29. The molecule has 0 unspecified atom stereocenters. The summed E-state index contributed by atoms with van der Waals surface area (Å²) in [5.41, 5.74) is 3.54. The molecule has 0 atom stereocenters. The highest BCUT2D eigenvalue weighted by atomic mass is 35.5. The molecule has 0 aliphatic carbocycles. The number of carboxylic acid groups (broad SMARTS) is 1. The fourth-order valence-electron chi connectivity index (χ4n) is 3.08. The zero-order chi connectivity index (χ0) is 22.1.